The van der Waals surface area contributed by atoms with Crippen LogP contribution in [0.15, 0.2) is 11.1 Å². The van der Waals surface area contributed by atoms with Crippen molar-refractivity contribution >= 4 is 17.7 Å². The zero-order chi connectivity index (χ0) is 38.7. The minimum Gasteiger partial charge on any atom is -0.481 e. The third kappa shape index (κ3) is 6.63. The molecule has 0 spiro atoms. The van der Waals surface area contributed by atoms with Crippen molar-refractivity contribution in [2.45, 2.75) is 139 Å². The Morgan fingerprint density at radius 2 is 1.52 bits per heavy atom. The molecule has 2 unspecified atom stereocenters. The number of carboxylic acid groups (broad SMARTS) is 1. The SMILES string of the molecule is COCCN(CCOC)C[C@@H](O)[C@@]12CC[C@]3(C)[C@H](CCC4[C@@]5(C)CC[C@H](OC(=O)CC(C)(C)C(=O)O)C(C)(C)C5CC[C@]43C)C1=C(C(C)C)C(=O)C2. The molecular formula is C43H71NO8. The maximum absolute atomic E-state index is 14.1. The maximum Gasteiger partial charge on any atom is 0.309 e. The van der Waals surface area contributed by atoms with E-state index in [0.29, 0.717) is 51.1 Å². The van der Waals surface area contributed by atoms with Crippen molar-refractivity contribution in [1.29, 1.82) is 0 Å². The Morgan fingerprint density at radius 1 is 0.885 bits per heavy atom. The summed E-state index contributed by atoms with van der Waals surface area (Å²) in [4.78, 5) is 41.2. The number of rotatable bonds is 14. The summed E-state index contributed by atoms with van der Waals surface area (Å²) in [7, 11) is 3.41. The first-order chi connectivity index (χ1) is 24.2. The number of nitrogens with zero attached hydrogens (tertiary/aromatic N) is 1. The van der Waals surface area contributed by atoms with Crippen LogP contribution < -0.4 is 0 Å². The summed E-state index contributed by atoms with van der Waals surface area (Å²) in [5, 5.41) is 22.0. The number of aliphatic hydroxyl groups is 1. The van der Waals surface area contributed by atoms with Crippen LogP contribution in [0, 0.1) is 56.2 Å². The lowest BCUT2D eigenvalue weighted by molar-refractivity contribution is -0.235. The molecule has 9 nitrogen and oxygen atoms in total. The topological polar surface area (TPSA) is 123 Å². The number of esters is 1. The molecule has 0 bridgehead atoms. The van der Waals surface area contributed by atoms with Crippen molar-refractivity contribution < 1.29 is 38.8 Å². The smallest absolute Gasteiger partial charge is 0.309 e. The predicted octanol–water partition coefficient (Wildman–Crippen LogP) is 7.34. The number of fused-ring (bicyclic) bond motifs is 7. The summed E-state index contributed by atoms with van der Waals surface area (Å²) < 4.78 is 17.0. The van der Waals surface area contributed by atoms with E-state index >= 15 is 0 Å². The van der Waals surface area contributed by atoms with Crippen LogP contribution >= 0.6 is 0 Å². The van der Waals surface area contributed by atoms with Gasteiger partial charge in [-0.15, -0.1) is 0 Å². The Labute approximate surface area is 314 Å². The van der Waals surface area contributed by atoms with E-state index in [1.807, 2.05) is 0 Å². The van der Waals surface area contributed by atoms with Crippen molar-refractivity contribution in [2.24, 2.45) is 56.2 Å². The highest BCUT2D eigenvalue weighted by Crippen LogP contribution is 2.77. The Hall–Kier alpha value is -1.81. The van der Waals surface area contributed by atoms with E-state index < -0.39 is 28.9 Å². The summed E-state index contributed by atoms with van der Waals surface area (Å²) in [6.07, 6.45) is 7.16. The van der Waals surface area contributed by atoms with Crippen molar-refractivity contribution in [3.05, 3.63) is 11.1 Å². The van der Waals surface area contributed by atoms with Gasteiger partial charge in [0.2, 0.25) is 0 Å². The quantitative estimate of drug-likeness (QED) is 0.177. The lowest BCUT2D eigenvalue weighted by Gasteiger charge is -2.72. The molecule has 5 rings (SSSR count). The van der Waals surface area contributed by atoms with E-state index in [1.165, 1.54) is 5.57 Å². The molecule has 5 aliphatic carbocycles. The molecule has 2 N–H and O–H groups in total. The first-order valence-electron chi connectivity index (χ1n) is 20.2. The number of aliphatic carboxylic acids is 1. The van der Waals surface area contributed by atoms with E-state index in [2.05, 4.69) is 53.4 Å². The fraction of sp³-hybridized carbons (Fsp3) is 0.884. The van der Waals surface area contributed by atoms with E-state index in [9.17, 15) is 24.6 Å². The Morgan fingerprint density at radius 3 is 2.10 bits per heavy atom. The number of aliphatic hydroxyl groups excluding tert-OH is 1. The monoisotopic (exact) mass is 730 g/mol. The second kappa shape index (κ2) is 14.7. The number of hydrogen-bond donors (Lipinski definition) is 2. The number of ketones is 1. The van der Waals surface area contributed by atoms with Crippen LogP contribution in [-0.4, -0.2) is 92.1 Å². The fourth-order valence-electron chi connectivity index (χ4n) is 13.1. The third-order valence-corrected chi connectivity index (χ3v) is 16.2. The molecule has 0 amide bonds. The van der Waals surface area contributed by atoms with Crippen molar-refractivity contribution in [3.63, 3.8) is 0 Å². The molecule has 0 saturated heterocycles. The molecule has 5 aliphatic rings. The Kier molecular flexibility index (Phi) is 11.7. The molecule has 296 valence electrons. The van der Waals surface area contributed by atoms with Gasteiger partial charge in [0.05, 0.1) is 31.2 Å². The number of methoxy groups -OCH3 is 2. The molecular weight excluding hydrogens is 658 g/mol. The molecule has 0 heterocycles. The molecule has 0 radical (unpaired) electrons. The summed E-state index contributed by atoms with van der Waals surface area (Å²) in [5.74, 6) is 0.0264. The summed E-state index contributed by atoms with van der Waals surface area (Å²) >= 11 is 0. The largest absolute Gasteiger partial charge is 0.481 e. The Balaban J connectivity index is 1.44. The number of ether oxygens (including phenoxy) is 3. The van der Waals surface area contributed by atoms with Crippen molar-refractivity contribution in [2.75, 3.05) is 47.1 Å². The standard InChI is InChI=1S/C43H71NO8/c1-27(2)35-29(45)24-43(32(46)26-44(20-22-50-10)21-23-51-11)19-18-41(8)28(36(35)43)12-13-31-40(7)16-15-33(52-34(47)25-38(3,4)37(48)49)39(5,6)30(40)14-17-42(31,41)9/h27-28,30-33,46H,12-26H2,1-11H3,(H,48,49)/t28-,30?,31?,32-,33+,40+,41-,42-,43+/m1/s1. The number of carbonyl (C=O) groups excluding carboxylic acids is 2. The van der Waals surface area contributed by atoms with Gasteiger partial charge in [0, 0.05) is 51.1 Å². The van der Waals surface area contributed by atoms with Gasteiger partial charge in [0.1, 0.15) is 6.10 Å². The van der Waals surface area contributed by atoms with Gasteiger partial charge in [-0.05, 0) is 111 Å². The average Bonchev–Trinajstić information content (AvgIpc) is 3.37. The lowest BCUT2D eigenvalue weighted by Crippen LogP contribution is -2.66. The van der Waals surface area contributed by atoms with E-state index in [0.717, 1.165) is 56.9 Å². The molecule has 9 atom stereocenters. The van der Waals surface area contributed by atoms with Crippen LogP contribution in [0.2, 0.25) is 0 Å². The van der Waals surface area contributed by atoms with Crippen LogP contribution in [0.4, 0.5) is 0 Å². The minimum atomic E-state index is -1.17. The molecule has 0 aromatic heterocycles. The molecule has 4 saturated carbocycles. The van der Waals surface area contributed by atoms with Crippen molar-refractivity contribution in [3.8, 4) is 0 Å². The second-order valence-corrected chi connectivity index (χ2v) is 19.9. The van der Waals surface area contributed by atoms with Gasteiger partial charge in [0.15, 0.2) is 5.78 Å². The average molecular weight is 730 g/mol. The van der Waals surface area contributed by atoms with E-state index in [-0.39, 0.29) is 51.8 Å². The predicted molar refractivity (Wildman–Crippen MR) is 202 cm³/mol. The number of Topliss-reactive ketones (excluding diaryl/α,β-unsaturated/α-hetero) is 1. The van der Waals surface area contributed by atoms with Crippen LogP contribution in [0.1, 0.15) is 127 Å². The zero-order valence-electron chi connectivity index (χ0n) is 34.4. The highest BCUT2D eigenvalue weighted by molar-refractivity contribution is 6.00. The van der Waals surface area contributed by atoms with Crippen LogP contribution in [0.5, 0.6) is 0 Å². The van der Waals surface area contributed by atoms with Gasteiger partial charge in [-0.3, -0.25) is 19.3 Å². The highest BCUT2D eigenvalue weighted by Gasteiger charge is 2.70. The highest BCUT2D eigenvalue weighted by atomic mass is 16.5. The first kappa shape index (κ1) is 41.4. The number of allylic oxidation sites excluding steroid dienone is 1. The van der Waals surface area contributed by atoms with Crippen molar-refractivity contribution in [1.82, 2.24) is 4.90 Å². The van der Waals surface area contributed by atoms with Gasteiger partial charge in [-0.25, -0.2) is 0 Å². The second-order valence-electron chi connectivity index (χ2n) is 19.9. The van der Waals surface area contributed by atoms with Gasteiger partial charge < -0.3 is 24.4 Å². The first-order valence-corrected chi connectivity index (χ1v) is 20.2. The molecule has 52 heavy (non-hydrogen) atoms. The van der Waals surface area contributed by atoms with Crippen LogP contribution in [0.25, 0.3) is 0 Å². The van der Waals surface area contributed by atoms with Gasteiger partial charge in [-0.2, -0.15) is 0 Å². The molecule has 0 aromatic rings. The molecule has 0 aromatic carbocycles. The molecule has 4 fully saturated rings. The van der Waals surface area contributed by atoms with Crippen LogP contribution in [0.3, 0.4) is 0 Å². The van der Waals surface area contributed by atoms with Gasteiger partial charge >= 0.3 is 11.9 Å². The fourth-order valence-corrected chi connectivity index (χ4v) is 13.1. The zero-order valence-corrected chi connectivity index (χ0v) is 34.4. The molecule has 9 heteroatoms. The summed E-state index contributed by atoms with van der Waals surface area (Å²) in [6.45, 7) is 22.7. The molecule has 0 aliphatic heterocycles. The number of hydrogen-bond acceptors (Lipinski definition) is 8. The Bertz CT molecular complexity index is 1390. The van der Waals surface area contributed by atoms with E-state index in [4.69, 9.17) is 14.2 Å². The lowest BCUT2D eigenvalue weighted by atomic mass is 9.33. The van der Waals surface area contributed by atoms with Gasteiger partial charge in [0.25, 0.3) is 0 Å². The normalized spacial score (nSPS) is 37.7. The number of carboxylic acids is 1. The van der Waals surface area contributed by atoms with E-state index in [1.54, 1.807) is 28.1 Å². The minimum absolute atomic E-state index is 0.0190. The van der Waals surface area contributed by atoms with Gasteiger partial charge in [-0.1, -0.05) is 54.0 Å². The summed E-state index contributed by atoms with van der Waals surface area (Å²) in [6, 6.07) is 0. The maximum atomic E-state index is 14.1. The summed E-state index contributed by atoms with van der Waals surface area (Å²) in [5.41, 5.74) is 0.423. The number of carbonyl (C=O) groups is 3. The van der Waals surface area contributed by atoms with Crippen LogP contribution in [-0.2, 0) is 28.6 Å². The third-order valence-electron chi connectivity index (χ3n) is 16.2.